The van der Waals surface area contributed by atoms with Gasteiger partial charge in [-0.3, -0.25) is 14.4 Å². The predicted molar refractivity (Wildman–Crippen MR) is 131 cm³/mol. The molecule has 3 N–H and O–H groups in total. The van der Waals surface area contributed by atoms with Crippen molar-refractivity contribution in [2.75, 3.05) is 50.5 Å². The molecule has 0 aliphatic carbocycles. The highest BCUT2D eigenvalue weighted by molar-refractivity contribution is 5.98. The molecule has 3 amide bonds. The Balaban J connectivity index is 1.88. The van der Waals surface area contributed by atoms with E-state index in [4.69, 9.17) is 4.74 Å². The van der Waals surface area contributed by atoms with E-state index < -0.39 is 0 Å². The predicted octanol–water partition coefficient (Wildman–Crippen LogP) is 3.38. The monoisotopic (exact) mass is 454 g/mol. The molecule has 0 spiro atoms. The molecule has 0 bridgehead atoms. The number of ether oxygens (including phenoxy) is 1. The summed E-state index contributed by atoms with van der Waals surface area (Å²) in [5.41, 5.74) is 2.37. The van der Waals surface area contributed by atoms with Gasteiger partial charge in [-0.05, 0) is 55.3 Å². The second-order valence-electron chi connectivity index (χ2n) is 7.60. The van der Waals surface area contributed by atoms with Gasteiger partial charge >= 0.3 is 0 Å². The number of hydrogen-bond acceptors (Lipinski definition) is 5. The molecule has 8 nitrogen and oxygen atoms in total. The van der Waals surface area contributed by atoms with E-state index in [1.807, 2.05) is 4.90 Å². The summed E-state index contributed by atoms with van der Waals surface area (Å²) in [6.07, 6.45) is 1.84. The lowest BCUT2D eigenvalue weighted by molar-refractivity contribution is -0.114. The van der Waals surface area contributed by atoms with Gasteiger partial charge in [0.25, 0.3) is 11.8 Å². The summed E-state index contributed by atoms with van der Waals surface area (Å²) in [5.74, 6) is -0.453. The minimum absolute atomic E-state index is 0.0223. The first-order chi connectivity index (χ1) is 16.0. The van der Waals surface area contributed by atoms with Crippen LogP contribution < -0.4 is 16.0 Å². The van der Waals surface area contributed by atoms with Gasteiger partial charge in [0.15, 0.2) is 0 Å². The van der Waals surface area contributed by atoms with E-state index in [1.54, 1.807) is 55.6 Å². The number of carbonyl (C=O) groups excluding carboxylic acids is 3. The highest BCUT2D eigenvalue weighted by Crippen LogP contribution is 2.13. The Bertz CT molecular complexity index is 909. The molecule has 0 saturated carbocycles. The molecule has 8 heteroatoms. The first kappa shape index (κ1) is 25.9. The number of carbonyl (C=O) groups is 3. The van der Waals surface area contributed by atoms with Crippen LogP contribution in [0.15, 0.2) is 48.5 Å². The van der Waals surface area contributed by atoms with E-state index in [0.717, 1.165) is 31.6 Å². The van der Waals surface area contributed by atoms with E-state index in [-0.39, 0.29) is 24.3 Å². The van der Waals surface area contributed by atoms with Crippen molar-refractivity contribution in [3.8, 4) is 0 Å². The molecule has 0 aliphatic heterocycles. The smallest absolute Gasteiger partial charge is 0.253 e. The third kappa shape index (κ3) is 8.57. The number of rotatable bonds is 13. The van der Waals surface area contributed by atoms with Crippen molar-refractivity contribution in [3.05, 3.63) is 59.7 Å². The van der Waals surface area contributed by atoms with Crippen LogP contribution in [0.5, 0.6) is 0 Å². The van der Waals surface area contributed by atoms with E-state index in [9.17, 15) is 14.4 Å². The molecule has 0 saturated heterocycles. The van der Waals surface area contributed by atoms with Crippen molar-refractivity contribution in [2.24, 2.45) is 0 Å². The number of nitrogens with zero attached hydrogens (tertiary/aromatic N) is 1. The molecular weight excluding hydrogens is 420 g/mol. The second-order valence-corrected chi connectivity index (χ2v) is 7.60. The van der Waals surface area contributed by atoms with Gasteiger partial charge in [0.2, 0.25) is 5.91 Å². The fourth-order valence-corrected chi connectivity index (χ4v) is 3.26. The summed E-state index contributed by atoms with van der Waals surface area (Å²) in [7, 11) is 1.57. The van der Waals surface area contributed by atoms with Crippen LogP contribution in [0.25, 0.3) is 0 Å². The van der Waals surface area contributed by atoms with Crippen LogP contribution >= 0.6 is 0 Å². The average molecular weight is 455 g/mol. The topological polar surface area (TPSA) is 99.8 Å². The number of amides is 3. The van der Waals surface area contributed by atoms with Crippen molar-refractivity contribution in [1.29, 1.82) is 0 Å². The number of hydrogen-bond donors (Lipinski definition) is 3. The number of anilines is 2. The van der Waals surface area contributed by atoms with E-state index in [0.29, 0.717) is 30.0 Å². The van der Waals surface area contributed by atoms with Crippen molar-refractivity contribution < 1.29 is 19.1 Å². The van der Waals surface area contributed by atoms with Gasteiger partial charge in [-0.15, -0.1) is 0 Å². The number of benzene rings is 2. The first-order valence-corrected chi connectivity index (χ1v) is 11.3. The molecule has 0 aromatic heterocycles. The van der Waals surface area contributed by atoms with Gasteiger partial charge in [-0.25, -0.2) is 0 Å². The molecular formula is C25H34N4O4. The Morgan fingerprint density at radius 1 is 0.909 bits per heavy atom. The normalized spacial score (nSPS) is 10.4. The molecule has 178 valence electrons. The molecule has 33 heavy (non-hydrogen) atoms. The quantitative estimate of drug-likeness (QED) is 0.403. The Hall–Kier alpha value is -3.39. The highest BCUT2D eigenvalue weighted by Gasteiger charge is 2.14. The summed E-state index contributed by atoms with van der Waals surface area (Å²) < 4.78 is 4.92. The third-order valence-corrected chi connectivity index (χ3v) is 4.86. The first-order valence-electron chi connectivity index (χ1n) is 11.3. The van der Waals surface area contributed by atoms with Gasteiger partial charge in [0.1, 0.15) is 0 Å². The SMILES string of the molecule is CCCN(CCC)C(=O)c1ccc(NCC(=O)Nc2cccc(C(=O)NCCOC)c2)cc1. The lowest BCUT2D eigenvalue weighted by Gasteiger charge is -2.21. The standard InChI is InChI=1S/C25H34N4O4/c1-4-14-29(15-5-2)25(32)19-9-11-21(12-10-19)27-18-23(30)28-22-8-6-7-20(17-22)24(31)26-13-16-33-3/h6-12,17,27H,4-5,13-16,18H2,1-3H3,(H,26,31)(H,28,30). The van der Waals surface area contributed by atoms with Crippen LogP contribution in [-0.2, 0) is 9.53 Å². The van der Waals surface area contributed by atoms with Crippen molar-refractivity contribution in [1.82, 2.24) is 10.2 Å². The Labute approximate surface area is 195 Å². The zero-order valence-electron chi connectivity index (χ0n) is 19.6. The highest BCUT2D eigenvalue weighted by atomic mass is 16.5. The largest absolute Gasteiger partial charge is 0.383 e. The molecule has 2 aromatic rings. The molecule has 0 radical (unpaired) electrons. The molecule has 0 aliphatic rings. The molecule has 0 atom stereocenters. The lowest BCUT2D eigenvalue weighted by atomic mass is 10.1. The van der Waals surface area contributed by atoms with Crippen LogP contribution in [0, 0.1) is 0 Å². The number of nitrogens with one attached hydrogen (secondary N) is 3. The lowest BCUT2D eigenvalue weighted by Crippen LogP contribution is -2.32. The minimum atomic E-state index is -0.246. The summed E-state index contributed by atoms with van der Waals surface area (Å²) in [6.45, 7) is 6.49. The zero-order valence-corrected chi connectivity index (χ0v) is 19.6. The van der Waals surface area contributed by atoms with E-state index >= 15 is 0 Å². The minimum Gasteiger partial charge on any atom is -0.383 e. The second kappa shape index (κ2) is 13.9. The van der Waals surface area contributed by atoms with Gasteiger partial charge < -0.3 is 25.6 Å². The van der Waals surface area contributed by atoms with Gasteiger partial charge in [0.05, 0.1) is 13.2 Å². The van der Waals surface area contributed by atoms with E-state index in [2.05, 4.69) is 29.8 Å². The van der Waals surface area contributed by atoms with Gasteiger partial charge in [-0.1, -0.05) is 19.9 Å². The van der Waals surface area contributed by atoms with Crippen LogP contribution in [0.1, 0.15) is 47.4 Å². The van der Waals surface area contributed by atoms with Crippen LogP contribution in [0.4, 0.5) is 11.4 Å². The van der Waals surface area contributed by atoms with Crippen LogP contribution in [-0.4, -0.2) is 62.5 Å². The maximum atomic E-state index is 12.7. The maximum absolute atomic E-state index is 12.7. The van der Waals surface area contributed by atoms with Gasteiger partial charge in [0, 0.05) is 49.2 Å². The Morgan fingerprint density at radius 2 is 1.61 bits per heavy atom. The molecule has 0 fully saturated rings. The third-order valence-electron chi connectivity index (χ3n) is 4.86. The van der Waals surface area contributed by atoms with Crippen LogP contribution in [0.3, 0.4) is 0 Å². The summed E-state index contributed by atoms with van der Waals surface area (Å²) in [5, 5.41) is 8.58. The summed E-state index contributed by atoms with van der Waals surface area (Å²) in [6, 6.07) is 13.9. The maximum Gasteiger partial charge on any atom is 0.253 e. The Kier molecular flexibility index (Phi) is 10.9. The van der Waals surface area contributed by atoms with E-state index in [1.165, 1.54) is 0 Å². The van der Waals surface area contributed by atoms with Crippen LogP contribution in [0.2, 0.25) is 0 Å². The van der Waals surface area contributed by atoms with Crippen molar-refractivity contribution in [2.45, 2.75) is 26.7 Å². The van der Waals surface area contributed by atoms with Crippen molar-refractivity contribution in [3.63, 3.8) is 0 Å². The average Bonchev–Trinajstić information content (AvgIpc) is 2.83. The summed E-state index contributed by atoms with van der Waals surface area (Å²) >= 11 is 0. The molecule has 2 rings (SSSR count). The fourth-order valence-electron chi connectivity index (χ4n) is 3.26. The number of methoxy groups -OCH3 is 1. The Morgan fingerprint density at radius 3 is 2.24 bits per heavy atom. The molecule has 2 aromatic carbocycles. The molecule has 0 unspecified atom stereocenters. The summed E-state index contributed by atoms with van der Waals surface area (Å²) in [4.78, 5) is 39.0. The van der Waals surface area contributed by atoms with Crippen molar-refractivity contribution >= 4 is 29.1 Å². The fraction of sp³-hybridized carbons (Fsp3) is 0.400. The van der Waals surface area contributed by atoms with Gasteiger partial charge in [-0.2, -0.15) is 0 Å². The zero-order chi connectivity index (χ0) is 24.1. The molecule has 0 heterocycles.